The number of benzene rings is 3. The minimum absolute atomic E-state index is 0.0102. The number of rotatable bonds is 6. The Labute approximate surface area is 215 Å². The van der Waals surface area contributed by atoms with Crippen molar-refractivity contribution in [2.75, 3.05) is 27.3 Å². The standard InChI is InChI=1S/C30H29N3O4/c1-36-20-13-11-19(12-14-20)15-16-32-18-27(34)33-25(30(32)35)17-23-21-7-3-5-9-24(21)31-28(23)29(33)22-8-4-6-10-26(22)37-2/h3-14,25,29,31H,15-18H2,1-2H3/t25-,29+/m0/s1. The molecule has 6 rings (SSSR count). The second-order valence-corrected chi connectivity index (χ2v) is 9.59. The fraction of sp³-hybridized carbons (Fsp3) is 0.267. The molecule has 0 bridgehead atoms. The van der Waals surface area contributed by atoms with Crippen LogP contribution in [0.2, 0.25) is 0 Å². The van der Waals surface area contributed by atoms with Gasteiger partial charge >= 0.3 is 0 Å². The van der Waals surface area contributed by atoms with Crippen molar-refractivity contribution >= 4 is 22.7 Å². The lowest BCUT2D eigenvalue weighted by Crippen LogP contribution is -2.63. The van der Waals surface area contributed by atoms with Crippen LogP contribution in [0.1, 0.15) is 28.4 Å². The summed E-state index contributed by atoms with van der Waals surface area (Å²) in [7, 11) is 3.27. The first-order valence-corrected chi connectivity index (χ1v) is 12.5. The number of aromatic amines is 1. The van der Waals surface area contributed by atoms with E-state index in [2.05, 4.69) is 11.1 Å². The normalized spacial score (nSPS) is 19.1. The zero-order valence-corrected chi connectivity index (χ0v) is 20.9. The van der Waals surface area contributed by atoms with E-state index < -0.39 is 12.1 Å². The van der Waals surface area contributed by atoms with E-state index in [1.165, 1.54) is 0 Å². The smallest absolute Gasteiger partial charge is 0.246 e. The van der Waals surface area contributed by atoms with Gasteiger partial charge in [-0.15, -0.1) is 0 Å². The highest BCUT2D eigenvalue weighted by atomic mass is 16.5. The number of hydrogen-bond donors (Lipinski definition) is 1. The van der Waals surface area contributed by atoms with Crippen LogP contribution in [0.5, 0.6) is 11.5 Å². The number of para-hydroxylation sites is 2. The molecule has 2 amide bonds. The van der Waals surface area contributed by atoms with Crippen LogP contribution in [-0.2, 0) is 22.4 Å². The van der Waals surface area contributed by atoms with Crippen LogP contribution >= 0.6 is 0 Å². The third kappa shape index (κ3) is 3.91. The Morgan fingerprint density at radius 2 is 1.68 bits per heavy atom. The van der Waals surface area contributed by atoms with Crippen LogP contribution in [0.15, 0.2) is 72.8 Å². The molecule has 1 N–H and O–H groups in total. The molecule has 0 saturated carbocycles. The molecular weight excluding hydrogens is 466 g/mol. The zero-order chi connectivity index (χ0) is 25.5. The number of amides is 2. The number of aromatic nitrogens is 1. The van der Waals surface area contributed by atoms with Crippen molar-refractivity contribution in [2.24, 2.45) is 0 Å². The van der Waals surface area contributed by atoms with Crippen molar-refractivity contribution in [3.05, 3.63) is 95.2 Å². The minimum atomic E-state index is -0.571. The maximum absolute atomic E-state index is 13.9. The van der Waals surface area contributed by atoms with E-state index in [1.54, 1.807) is 24.0 Å². The van der Waals surface area contributed by atoms with Gasteiger partial charge in [0, 0.05) is 35.1 Å². The Morgan fingerprint density at radius 3 is 2.46 bits per heavy atom. The highest BCUT2D eigenvalue weighted by molar-refractivity contribution is 5.97. The number of carbonyl (C=O) groups excluding carboxylic acids is 2. The van der Waals surface area contributed by atoms with Gasteiger partial charge in [-0.1, -0.05) is 48.5 Å². The van der Waals surface area contributed by atoms with E-state index in [9.17, 15) is 9.59 Å². The van der Waals surface area contributed by atoms with E-state index in [1.807, 2.05) is 66.7 Å². The third-order valence-corrected chi connectivity index (χ3v) is 7.61. The summed E-state index contributed by atoms with van der Waals surface area (Å²) in [5, 5.41) is 1.09. The van der Waals surface area contributed by atoms with Gasteiger partial charge in [0.15, 0.2) is 0 Å². The summed E-state index contributed by atoms with van der Waals surface area (Å²) in [6.45, 7) is 0.550. The first-order chi connectivity index (χ1) is 18.1. The van der Waals surface area contributed by atoms with E-state index in [0.29, 0.717) is 25.1 Å². The van der Waals surface area contributed by atoms with Crippen LogP contribution in [-0.4, -0.2) is 59.9 Å². The van der Waals surface area contributed by atoms with E-state index in [4.69, 9.17) is 9.47 Å². The minimum Gasteiger partial charge on any atom is -0.497 e. The Balaban J connectivity index is 1.37. The quantitative estimate of drug-likeness (QED) is 0.437. The van der Waals surface area contributed by atoms with Gasteiger partial charge in [-0.2, -0.15) is 0 Å². The van der Waals surface area contributed by atoms with Crippen molar-refractivity contribution in [3.8, 4) is 11.5 Å². The Morgan fingerprint density at radius 1 is 0.919 bits per heavy atom. The monoisotopic (exact) mass is 495 g/mol. The summed E-state index contributed by atoms with van der Waals surface area (Å²) in [6.07, 6.45) is 1.15. The molecule has 1 saturated heterocycles. The van der Waals surface area contributed by atoms with Crippen LogP contribution < -0.4 is 9.47 Å². The number of H-pyrrole nitrogens is 1. The van der Waals surface area contributed by atoms with Gasteiger partial charge in [0.25, 0.3) is 0 Å². The van der Waals surface area contributed by atoms with E-state index >= 15 is 0 Å². The number of nitrogens with zero attached hydrogens (tertiary/aromatic N) is 2. The summed E-state index contributed by atoms with van der Waals surface area (Å²) in [4.78, 5) is 34.7. The number of hydrogen-bond acceptors (Lipinski definition) is 4. The summed E-state index contributed by atoms with van der Waals surface area (Å²) in [5.41, 5.74) is 5.01. The number of fused-ring (bicyclic) bond motifs is 4. The van der Waals surface area contributed by atoms with Gasteiger partial charge in [-0.25, -0.2) is 0 Å². The molecule has 2 atom stereocenters. The summed E-state index contributed by atoms with van der Waals surface area (Å²) in [6, 6.07) is 22.7. The Bertz CT molecular complexity index is 1480. The first-order valence-electron chi connectivity index (χ1n) is 12.5. The maximum Gasteiger partial charge on any atom is 0.246 e. The fourth-order valence-electron chi connectivity index (χ4n) is 5.79. The maximum atomic E-state index is 13.9. The van der Waals surface area contributed by atoms with E-state index in [-0.39, 0.29) is 18.4 Å². The van der Waals surface area contributed by atoms with Gasteiger partial charge in [0.2, 0.25) is 11.8 Å². The molecule has 0 spiro atoms. The molecule has 4 aromatic rings. The number of nitrogens with one attached hydrogen (secondary N) is 1. The topological polar surface area (TPSA) is 74.9 Å². The number of piperazine rings is 1. The van der Waals surface area contributed by atoms with Crippen molar-refractivity contribution in [1.29, 1.82) is 0 Å². The molecule has 3 heterocycles. The molecule has 7 nitrogen and oxygen atoms in total. The van der Waals surface area contributed by atoms with Crippen LogP contribution in [0.4, 0.5) is 0 Å². The molecule has 3 aromatic carbocycles. The molecule has 1 fully saturated rings. The van der Waals surface area contributed by atoms with Crippen LogP contribution in [0.3, 0.4) is 0 Å². The predicted octanol–water partition coefficient (Wildman–Crippen LogP) is 4.11. The first kappa shape index (κ1) is 23.2. The number of carbonyl (C=O) groups is 2. The lowest BCUT2D eigenvalue weighted by atomic mass is 9.86. The molecule has 37 heavy (non-hydrogen) atoms. The molecule has 2 aliphatic heterocycles. The third-order valence-electron chi connectivity index (χ3n) is 7.61. The summed E-state index contributed by atoms with van der Waals surface area (Å²) < 4.78 is 10.9. The summed E-state index contributed by atoms with van der Waals surface area (Å²) >= 11 is 0. The van der Waals surface area contributed by atoms with Gasteiger partial charge in [0.1, 0.15) is 23.6 Å². The second-order valence-electron chi connectivity index (χ2n) is 9.59. The van der Waals surface area contributed by atoms with Crippen molar-refractivity contribution in [1.82, 2.24) is 14.8 Å². The average molecular weight is 496 g/mol. The largest absolute Gasteiger partial charge is 0.497 e. The Kier molecular flexibility index (Phi) is 5.83. The molecule has 188 valence electrons. The lowest BCUT2D eigenvalue weighted by Gasteiger charge is -2.47. The highest BCUT2D eigenvalue weighted by Crippen LogP contribution is 2.44. The fourth-order valence-corrected chi connectivity index (χ4v) is 5.79. The molecule has 1 aromatic heterocycles. The van der Waals surface area contributed by atoms with E-state index in [0.717, 1.165) is 39.0 Å². The van der Waals surface area contributed by atoms with Gasteiger partial charge in [-0.3, -0.25) is 9.59 Å². The predicted molar refractivity (Wildman–Crippen MR) is 141 cm³/mol. The van der Waals surface area contributed by atoms with Crippen LogP contribution in [0.25, 0.3) is 10.9 Å². The average Bonchev–Trinajstić information content (AvgIpc) is 3.32. The second kappa shape index (κ2) is 9.32. The molecule has 0 aliphatic carbocycles. The SMILES string of the molecule is COc1ccc(CCN2CC(=O)N3[C@H](c4ccccc4OC)c4[nH]c5ccccc5c4C[C@H]3C2=O)cc1. The number of ether oxygens (including phenoxy) is 2. The van der Waals surface area contributed by atoms with Gasteiger partial charge in [-0.05, 0) is 41.8 Å². The van der Waals surface area contributed by atoms with Gasteiger partial charge in [0.05, 0.1) is 20.8 Å². The lowest BCUT2D eigenvalue weighted by molar-refractivity contribution is -0.158. The highest BCUT2D eigenvalue weighted by Gasteiger charge is 2.48. The molecule has 7 heteroatoms. The Hall–Kier alpha value is -4.26. The molecule has 2 aliphatic rings. The van der Waals surface area contributed by atoms with Crippen molar-refractivity contribution in [3.63, 3.8) is 0 Å². The van der Waals surface area contributed by atoms with Crippen molar-refractivity contribution in [2.45, 2.75) is 24.9 Å². The van der Waals surface area contributed by atoms with Crippen LogP contribution in [0, 0.1) is 0 Å². The van der Waals surface area contributed by atoms with Gasteiger partial charge < -0.3 is 24.3 Å². The van der Waals surface area contributed by atoms with Crippen molar-refractivity contribution < 1.29 is 19.1 Å². The summed E-state index contributed by atoms with van der Waals surface area (Å²) in [5.74, 6) is 1.42. The molecule has 0 radical (unpaired) electrons. The molecule has 0 unspecified atom stereocenters. The zero-order valence-electron chi connectivity index (χ0n) is 20.9. The molecular formula is C30H29N3O4. The number of methoxy groups -OCH3 is 2.